The number of benzene rings is 1. The number of hydrogen-bond acceptors (Lipinski definition) is 10. The molecule has 0 radical (unpaired) electrons. The molecule has 10 nitrogen and oxygen atoms in total. The third-order valence-corrected chi connectivity index (χ3v) is 12.3. The van der Waals surface area contributed by atoms with E-state index in [1.54, 1.807) is 7.11 Å². The molecule has 2 aliphatic heterocycles. The highest BCUT2D eigenvalue weighted by Gasteiger charge is 2.47. The van der Waals surface area contributed by atoms with E-state index in [1.165, 1.54) is 14.2 Å². The molecule has 1 aromatic carbocycles. The lowest BCUT2D eigenvalue weighted by molar-refractivity contribution is -0.308. The van der Waals surface area contributed by atoms with Crippen LogP contribution in [0.3, 0.4) is 0 Å². The Hall–Kier alpha value is -1.12. The Bertz CT molecular complexity index is 845. The Morgan fingerprint density at radius 2 is 1.61 bits per heavy atom. The van der Waals surface area contributed by atoms with E-state index in [0.717, 1.165) is 11.3 Å². The van der Waals surface area contributed by atoms with Crippen LogP contribution in [-0.2, 0) is 39.5 Å². The first-order valence-corrected chi connectivity index (χ1v) is 16.0. The summed E-state index contributed by atoms with van der Waals surface area (Å²) in [6.07, 6.45) is -5.30. The first-order valence-electron chi connectivity index (χ1n) is 13.1. The van der Waals surface area contributed by atoms with Crippen LogP contribution in [0.15, 0.2) is 24.3 Å². The predicted molar refractivity (Wildman–Crippen MR) is 142 cm³/mol. The van der Waals surface area contributed by atoms with Crippen LogP contribution in [0.4, 0.5) is 0 Å². The van der Waals surface area contributed by atoms with E-state index >= 15 is 0 Å². The molecule has 3 rings (SSSR count). The van der Waals surface area contributed by atoms with Crippen molar-refractivity contribution in [2.75, 3.05) is 34.5 Å². The van der Waals surface area contributed by atoms with Crippen LogP contribution in [0.2, 0.25) is 18.1 Å². The van der Waals surface area contributed by atoms with Gasteiger partial charge in [-0.25, -0.2) is 0 Å². The van der Waals surface area contributed by atoms with Gasteiger partial charge in [0.05, 0.1) is 33.0 Å². The summed E-state index contributed by atoms with van der Waals surface area (Å²) < 4.78 is 46.5. The van der Waals surface area contributed by atoms with Crippen molar-refractivity contribution >= 4 is 8.32 Å². The summed E-state index contributed by atoms with van der Waals surface area (Å²) in [7, 11) is 2.40. The fourth-order valence-electron chi connectivity index (χ4n) is 4.36. The second kappa shape index (κ2) is 13.5. The lowest BCUT2D eigenvalue weighted by Crippen LogP contribution is -2.60. The van der Waals surface area contributed by atoms with Gasteiger partial charge in [-0.3, -0.25) is 0 Å². The van der Waals surface area contributed by atoms with Gasteiger partial charge < -0.3 is 47.8 Å². The smallest absolute Gasteiger partial charge is 0.192 e. The zero-order valence-electron chi connectivity index (χ0n) is 23.9. The van der Waals surface area contributed by atoms with Crippen molar-refractivity contribution in [3.8, 4) is 5.75 Å². The van der Waals surface area contributed by atoms with Crippen LogP contribution in [0.5, 0.6) is 5.75 Å². The summed E-state index contributed by atoms with van der Waals surface area (Å²) in [5, 5.41) is 21.0. The number of aliphatic hydroxyl groups excluding tert-OH is 2. The molecule has 0 spiro atoms. The molecule has 2 fully saturated rings. The Balaban J connectivity index is 1.64. The molecule has 2 N–H and O–H groups in total. The third-order valence-electron chi connectivity index (χ3n) is 7.79. The summed E-state index contributed by atoms with van der Waals surface area (Å²) in [5.41, 5.74) is 1.03. The molecule has 8 atom stereocenters. The minimum atomic E-state index is -2.12. The number of ether oxygens (including phenoxy) is 7. The van der Waals surface area contributed by atoms with Crippen molar-refractivity contribution in [1.29, 1.82) is 0 Å². The second-order valence-electron chi connectivity index (χ2n) is 11.4. The topological polar surface area (TPSA) is 114 Å². The molecule has 2 heterocycles. The molecular weight excluding hydrogens is 512 g/mol. The molecule has 0 bridgehead atoms. The molecular formula is C27H46O10Si. The largest absolute Gasteiger partial charge is 0.497 e. The van der Waals surface area contributed by atoms with Gasteiger partial charge in [-0.2, -0.15) is 0 Å². The van der Waals surface area contributed by atoms with Crippen molar-refractivity contribution in [3.63, 3.8) is 0 Å². The highest BCUT2D eigenvalue weighted by Crippen LogP contribution is 2.39. The van der Waals surface area contributed by atoms with Gasteiger partial charge in [0.15, 0.2) is 20.9 Å². The highest BCUT2D eigenvalue weighted by molar-refractivity contribution is 6.74. The van der Waals surface area contributed by atoms with E-state index in [-0.39, 0.29) is 23.9 Å². The van der Waals surface area contributed by atoms with Gasteiger partial charge in [0.25, 0.3) is 0 Å². The molecule has 0 unspecified atom stereocenters. The Labute approximate surface area is 227 Å². The fourth-order valence-corrected chi connectivity index (χ4v) is 5.72. The minimum Gasteiger partial charge on any atom is -0.497 e. The molecule has 38 heavy (non-hydrogen) atoms. The summed E-state index contributed by atoms with van der Waals surface area (Å²) in [6, 6.07) is 7.77. The van der Waals surface area contributed by atoms with Gasteiger partial charge in [0.2, 0.25) is 0 Å². The predicted octanol–water partition coefficient (Wildman–Crippen LogP) is 2.84. The normalized spacial score (nSPS) is 32.8. The molecule has 1 aromatic rings. The molecule has 2 aliphatic rings. The van der Waals surface area contributed by atoms with E-state index in [9.17, 15) is 10.2 Å². The number of hydrogen-bond donors (Lipinski definition) is 2. The number of rotatable bonds is 11. The fraction of sp³-hybridized carbons (Fsp3) is 0.778. The molecule has 2 saturated heterocycles. The standard InChI is InChI=1S/C27H46O10Si/c1-27(2,3)38(7,8)37-19-13-22(34-15-20(19)33-14-17-9-11-18(30-4)12-10-17)35-16-21-23(28)24(31-5)25(32-6)26(29)36-21/h9-12,19-26,28-29H,13-16H2,1-8H3/t19-,20-,21-,22-,23-,24+,25-,26+/m1/s1. The van der Waals surface area contributed by atoms with Crippen LogP contribution in [-0.4, -0.2) is 102 Å². The Morgan fingerprint density at radius 1 is 0.947 bits per heavy atom. The SMILES string of the molecule is COc1ccc(CO[C@@H]2CO[C@H](OC[C@H]3O[C@H](O)[C@H](OC)[C@@H](OC)[C@@H]3O)C[C@H]2O[Si](C)(C)C(C)(C)C)cc1. The maximum atomic E-state index is 10.7. The second-order valence-corrected chi connectivity index (χ2v) is 16.2. The van der Waals surface area contributed by atoms with Gasteiger partial charge in [0.1, 0.15) is 36.3 Å². The highest BCUT2D eigenvalue weighted by atomic mass is 28.4. The zero-order chi connectivity index (χ0) is 28.1. The average molecular weight is 559 g/mol. The van der Waals surface area contributed by atoms with Gasteiger partial charge in [-0.05, 0) is 35.8 Å². The first kappa shape index (κ1) is 31.4. The van der Waals surface area contributed by atoms with Crippen LogP contribution in [0.1, 0.15) is 32.8 Å². The van der Waals surface area contributed by atoms with Crippen molar-refractivity contribution < 1.29 is 47.8 Å². The maximum absolute atomic E-state index is 10.7. The molecule has 0 aliphatic carbocycles. The van der Waals surface area contributed by atoms with Crippen LogP contribution < -0.4 is 4.74 Å². The van der Waals surface area contributed by atoms with E-state index in [2.05, 4.69) is 33.9 Å². The summed E-state index contributed by atoms with van der Waals surface area (Å²) in [5.74, 6) is 0.794. The van der Waals surface area contributed by atoms with Crippen LogP contribution in [0.25, 0.3) is 0 Å². The maximum Gasteiger partial charge on any atom is 0.192 e. The molecule has 11 heteroatoms. The first-order chi connectivity index (χ1) is 17.9. The summed E-state index contributed by atoms with van der Waals surface area (Å²) in [4.78, 5) is 0. The van der Waals surface area contributed by atoms with E-state index in [1.807, 2.05) is 24.3 Å². The summed E-state index contributed by atoms with van der Waals surface area (Å²) >= 11 is 0. The van der Waals surface area contributed by atoms with Gasteiger partial charge in [-0.15, -0.1) is 0 Å². The lowest BCUT2D eigenvalue weighted by atomic mass is 9.99. The molecule has 218 valence electrons. The van der Waals surface area contributed by atoms with Crippen molar-refractivity contribution in [1.82, 2.24) is 0 Å². The molecule has 0 saturated carbocycles. The van der Waals surface area contributed by atoms with E-state index in [4.69, 9.17) is 37.6 Å². The average Bonchev–Trinajstić information content (AvgIpc) is 2.87. The Kier molecular flexibility index (Phi) is 11.1. The molecule has 0 amide bonds. The van der Waals surface area contributed by atoms with E-state index in [0.29, 0.717) is 19.6 Å². The lowest BCUT2D eigenvalue weighted by Gasteiger charge is -2.44. The van der Waals surface area contributed by atoms with Crippen LogP contribution >= 0.6 is 0 Å². The number of methoxy groups -OCH3 is 3. The van der Waals surface area contributed by atoms with Crippen LogP contribution in [0, 0.1) is 0 Å². The molecule has 0 aromatic heterocycles. The minimum absolute atomic E-state index is 0.00335. The quantitative estimate of drug-likeness (QED) is 0.393. The van der Waals surface area contributed by atoms with Gasteiger partial charge >= 0.3 is 0 Å². The Morgan fingerprint density at radius 3 is 2.18 bits per heavy atom. The van der Waals surface area contributed by atoms with Gasteiger partial charge in [0, 0.05) is 20.6 Å². The van der Waals surface area contributed by atoms with Crippen molar-refractivity contribution in [2.24, 2.45) is 0 Å². The van der Waals surface area contributed by atoms with Crippen molar-refractivity contribution in [2.45, 2.75) is 101 Å². The third kappa shape index (κ3) is 7.75. The monoisotopic (exact) mass is 558 g/mol. The van der Waals surface area contributed by atoms with Gasteiger partial charge in [-0.1, -0.05) is 32.9 Å². The van der Waals surface area contributed by atoms with E-state index < -0.39 is 45.3 Å². The summed E-state index contributed by atoms with van der Waals surface area (Å²) in [6.45, 7) is 11.7. The zero-order valence-corrected chi connectivity index (χ0v) is 24.9. The number of aliphatic hydroxyl groups is 2. The van der Waals surface area contributed by atoms with Crippen molar-refractivity contribution in [3.05, 3.63) is 29.8 Å².